The summed E-state index contributed by atoms with van der Waals surface area (Å²) in [7, 11) is 0. The number of aryl methyl sites for hydroxylation is 1. The summed E-state index contributed by atoms with van der Waals surface area (Å²) < 4.78 is 0. The summed E-state index contributed by atoms with van der Waals surface area (Å²) in [4.78, 5) is 2.39. The van der Waals surface area contributed by atoms with Crippen molar-refractivity contribution in [1.29, 1.82) is 0 Å². The number of rotatable bonds is 6. The van der Waals surface area contributed by atoms with E-state index in [9.17, 15) is 5.11 Å². The van der Waals surface area contributed by atoms with E-state index in [1.54, 1.807) is 11.3 Å². The van der Waals surface area contributed by atoms with Crippen LogP contribution < -0.4 is 5.73 Å². The van der Waals surface area contributed by atoms with Gasteiger partial charge in [-0.15, -0.1) is 11.3 Å². The van der Waals surface area contributed by atoms with Crippen molar-refractivity contribution in [2.45, 2.75) is 39.7 Å². The van der Waals surface area contributed by atoms with Gasteiger partial charge in [0.15, 0.2) is 0 Å². The summed E-state index contributed by atoms with van der Waals surface area (Å²) in [6.45, 7) is 7.03. The van der Waals surface area contributed by atoms with Crippen LogP contribution in [0.3, 0.4) is 0 Å². The second-order valence-corrected chi connectivity index (χ2v) is 5.93. The number of aliphatic hydroxyl groups excluding tert-OH is 1. The Morgan fingerprint density at radius 2 is 2.06 bits per heavy atom. The number of nitrogens with two attached hydrogens (primary N) is 1. The van der Waals surface area contributed by atoms with Crippen molar-refractivity contribution in [2.24, 2.45) is 17.6 Å². The molecular weight excluding hydrogens is 218 g/mol. The monoisotopic (exact) mass is 241 g/mol. The van der Waals surface area contributed by atoms with Gasteiger partial charge >= 0.3 is 0 Å². The second-order valence-electron chi connectivity index (χ2n) is 4.73. The van der Waals surface area contributed by atoms with E-state index in [2.05, 4.69) is 26.8 Å². The zero-order chi connectivity index (χ0) is 12.1. The Kier molecular flexibility index (Phi) is 5.46. The fourth-order valence-electron chi connectivity index (χ4n) is 1.94. The number of thiophene rings is 1. The molecule has 3 N–H and O–H groups in total. The molecule has 0 fully saturated rings. The van der Waals surface area contributed by atoms with Gasteiger partial charge in [-0.1, -0.05) is 20.8 Å². The molecule has 2 unspecified atom stereocenters. The van der Waals surface area contributed by atoms with Gasteiger partial charge in [0.25, 0.3) is 0 Å². The summed E-state index contributed by atoms with van der Waals surface area (Å²) in [5.74, 6) is 0.761. The fourth-order valence-corrected chi connectivity index (χ4v) is 2.97. The first-order valence-electron chi connectivity index (χ1n) is 6.05. The molecule has 0 aliphatic rings. The molecule has 0 saturated heterocycles. The van der Waals surface area contributed by atoms with Crippen molar-refractivity contribution in [3.8, 4) is 0 Å². The largest absolute Gasteiger partial charge is 0.387 e. The van der Waals surface area contributed by atoms with Gasteiger partial charge in [-0.2, -0.15) is 0 Å². The molecule has 0 saturated carbocycles. The maximum absolute atomic E-state index is 10.3. The van der Waals surface area contributed by atoms with Gasteiger partial charge in [0.1, 0.15) is 0 Å². The van der Waals surface area contributed by atoms with E-state index < -0.39 is 6.10 Å². The third-order valence-corrected chi connectivity index (χ3v) is 4.15. The molecule has 1 heterocycles. The lowest BCUT2D eigenvalue weighted by Gasteiger charge is -2.22. The Morgan fingerprint density at radius 1 is 1.38 bits per heavy atom. The van der Waals surface area contributed by atoms with Crippen LogP contribution in [0.4, 0.5) is 0 Å². The highest BCUT2D eigenvalue weighted by molar-refractivity contribution is 7.12. The lowest BCUT2D eigenvalue weighted by molar-refractivity contribution is 0.103. The predicted molar refractivity (Wildman–Crippen MR) is 70.7 cm³/mol. The lowest BCUT2D eigenvalue weighted by Crippen LogP contribution is -2.23. The van der Waals surface area contributed by atoms with Crippen molar-refractivity contribution in [1.82, 2.24) is 0 Å². The molecule has 0 bridgehead atoms. The normalized spacial score (nSPS) is 15.4. The minimum atomic E-state index is -0.391. The van der Waals surface area contributed by atoms with Crippen LogP contribution in [0.2, 0.25) is 0 Å². The standard InChI is InChI=1S/C13H23NOS/c1-4-11-5-6-12(16-11)13(15)10(8-14)7-9(2)3/h5-6,9-10,13,15H,4,7-8,14H2,1-3H3. The van der Waals surface area contributed by atoms with Gasteiger partial charge in [0.2, 0.25) is 0 Å². The van der Waals surface area contributed by atoms with Crippen LogP contribution in [0.5, 0.6) is 0 Å². The quantitative estimate of drug-likeness (QED) is 0.804. The van der Waals surface area contributed by atoms with Crippen LogP contribution >= 0.6 is 11.3 Å². The minimum Gasteiger partial charge on any atom is -0.387 e. The number of hydrogen-bond acceptors (Lipinski definition) is 3. The van der Waals surface area contributed by atoms with E-state index in [-0.39, 0.29) is 5.92 Å². The van der Waals surface area contributed by atoms with Gasteiger partial charge in [-0.25, -0.2) is 0 Å². The number of aliphatic hydroxyl groups is 1. The average Bonchev–Trinajstić information content (AvgIpc) is 2.73. The van der Waals surface area contributed by atoms with E-state index in [4.69, 9.17) is 5.73 Å². The molecule has 0 aliphatic heterocycles. The molecule has 2 atom stereocenters. The molecule has 3 heteroatoms. The van der Waals surface area contributed by atoms with Crippen LogP contribution in [0.25, 0.3) is 0 Å². The molecular formula is C13H23NOS. The molecule has 0 aliphatic carbocycles. The Balaban J connectivity index is 2.70. The smallest absolute Gasteiger partial charge is 0.0922 e. The fraction of sp³-hybridized carbons (Fsp3) is 0.692. The van der Waals surface area contributed by atoms with Crippen molar-refractivity contribution >= 4 is 11.3 Å². The van der Waals surface area contributed by atoms with Gasteiger partial charge < -0.3 is 10.8 Å². The molecule has 92 valence electrons. The predicted octanol–water partition coefficient (Wildman–Crippen LogP) is 2.96. The van der Waals surface area contributed by atoms with Crippen molar-refractivity contribution in [2.75, 3.05) is 6.54 Å². The van der Waals surface area contributed by atoms with Crippen LogP contribution in [-0.4, -0.2) is 11.7 Å². The molecule has 16 heavy (non-hydrogen) atoms. The molecule has 0 radical (unpaired) electrons. The van der Waals surface area contributed by atoms with Crippen molar-refractivity contribution < 1.29 is 5.11 Å². The summed E-state index contributed by atoms with van der Waals surface area (Å²) in [5, 5.41) is 10.3. The Bertz CT molecular complexity index is 309. The van der Waals surface area contributed by atoms with Gasteiger partial charge in [0.05, 0.1) is 6.10 Å². The topological polar surface area (TPSA) is 46.2 Å². The first-order valence-corrected chi connectivity index (χ1v) is 6.86. The van der Waals surface area contributed by atoms with E-state index in [0.29, 0.717) is 12.5 Å². The van der Waals surface area contributed by atoms with Crippen LogP contribution in [-0.2, 0) is 6.42 Å². The Hall–Kier alpha value is -0.380. The zero-order valence-corrected chi connectivity index (χ0v) is 11.3. The van der Waals surface area contributed by atoms with Gasteiger partial charge in [-0.3, -0.25) is 0 Å². The third-order valence-electron chi connectivity index (χ3n) is 2.85. The highest BCUT2D eigenvalue weighted by atomic mass is 32.1. The van der Waals surface area contributed by atoms with Gasteiger partial charge in [-0.05, 0) is 37.4 Å². The van der Waals surface area contributed by atoms with Crippen LogP contribution in [0.15, 0.2) is 12.1 Å². The zero-order valence-electron chi connectivity index (χ0n) is 10.4. The van der Waals surface area contributed by atoms with E-state index >= 15 is 0 Å². The molecule has 0 amide bonds. The van der Waals surface area contributed by atoms with Crippen LogP contribution in [0.1, 0.15) is 43.1 Å². The van der Waals surface area contributed by atoms with Crippen molar-refractivity contribution in [3.63, 3.8) is 0 Å². The Morgan fingerprint density at radius 3 is 2.50 bits per heavy atom. The first kappa shape index (κ1) is 13.7. The SMILES string of the molecule is CCc1ccc(C(O)C(CN)CC(C)C)s1. The highest BCUT2D eigenvalue weighted by Gasteiger charge is 2.21. The first-order chi connectivity index (χ1) is 7.58. The average molecular weight is 241 g/mol. The molecule has 0 aromatic carbocycles. The Labute approximate surface area is 102 Å². The second kappa shape index (κ2) is 6.38. The molecule has 2 nitrogen and oxygen atoms in total. The van der Waals surface area contributed by atoms with E-state index in [1.165, 1.54) is 4.88 Å². The molecule has 1 rings (SSSR count). The van der Waals surface area contributed by atoms with E-state index in [1.807, 2.05) is 6.07 Å². The number of hydrogen-bond donors (Lipinski definition) is 2. The van der Waals surface area contributed by atoms with Gasteiger partial charge in [0, 0.05) is 15.7 Å². The van der Waals surface area contributed by atoms with E-state index in [0.717, 1.165) is 17.7 Å². The summed E-state index contributed by atoms with van der Waals surface area (Å²) in [5.41, 5.74) is 5.74. The van der Waals surface area contributed by atoms with Crippen LogP contribution in [0, 0.1) is 11.8 Å². The molecule has 1 aromatic rings. The lowest BCUT2D eigenvalue weighted by atomic mass is 9.91. The summed E-state index contributed by atoms with van der Waals surface area (Å²) >= 11 is 1.71. The van der Waals surface area contributed by atoms with Crippen molar-refractivity contribution in [3.05, 3.63) is 21.9 Å². The maximum Gasteiger partial charge on any atom is 0.0922 e. The summed E-state index contributed by atoms with van der Waals surface area (Å²) in [6, 6.07) is 4.14. The molecule has 1 aromatic heterocycles. The maximum atomic E-state index is 10.3. The molecule has 0 spiro atoms. The summed E-state index contributed by atoms with van der Waals surface area (Å²) in [6.07, 6.45) is 1.63. The third kappa shape index (κ3) is 3.58. The minimum absolute atomic E-state index is 0.184. The highest BCUT2D eigenvalue weighted by Crippen LogP contribution is 2.31.